The van der Waals surface area contributed by atoms with E-state index in [1.165, 1.54) is 12.1 Å². The Balaban J connectivity index is 2.43. The summed E-state index contributed by atoms with van der Waals surface area (Å²) in [6, 6.07) is 7.27. The van der Waals surface area contributed by atoms with Crippen LogP contribution in [0.3, 0.4) is 0 Å². The van der Waals surface area contributed by atoms with Crippen molar-refractivity contribution in [2.24, 2.45) is 5.73 Å². The Morgan fingerprint density at radius 3 is 2.33 bits per heavy atom. The maximum absolute atomic E-state index is 13.2. The minimum Gasteiger partial charge on any atom is -0.496 e. The number of methoxy groups -OCH3 is 1. The standard InChI is InChI=1S/C14H11Br2FN2O2/c1-20-12-5-10(16)13(6-9(12)15)21-11-3-2-7(17)4-8(11)14(18)19/h2-6H,1H3,(H3,18,19). The van der Waals surface area contributed by atoms with E-state index in [0.717, 1.165) is 6.07 Å². The van der Waals surface area contributed by atoms with Gasteiger partial charge < -0.3 is 15.2 Å². The molecule has 0 fully saturated rings. The van der Waals surface area contributed by atoms with E-state index in [-0.39, 0.29) is 11.4 Å². The summed E-state index contributed by atoms with van der Waals surface area (Å²) >= 11 is 6.73. The predicted octanol–water partition coefficient (Wildman–Crippen LogP) is 4.44. The maximum Gasteiger partial charge on any atom is 0.143 e. The van der Waals surface area contributed by atoms with E-state index in [9.17, 15) is 4.39 Å². The molecule has 0 radical (unpaired) electrons. The Bertz CT molecular complexity index is 708. The van der Waals surface area contributed by atoms with Gasteiger partial charge in [0.05, 0.1) is 21.6 Å². The van der Waals surface area contributed by atoms with Gasteiger partial charge in [0.15, 0.2) is 0 Å². The van der Waals surface area contributed by atoms with Gasteiger partial charge in [-0.15, -0.1) is 0 Å². The van der Waals surface area contributed by atoms with Gasteiger partial charge in [-0.05, 0) is 62.2 Å². The van der Waals surface area contributed by atoms with Crippen LogP contribution in [0.5, 0.6) is 17.2 Å². The number of rotatable bonds is 4. The molecule has 0 aliphatic heterocycles. The smallest absolute Gasteiger partial charge is 0.143 e. The summed E-state index contributed by atoms with van der Waals surface area (Å²) in [4.78, 5) is 0. The largest absolute Gasteiger partial charge is 0.496 e. The van der Waals surface area contributed by atoms with Crippen LogP contribution in [0.15, 0.2) is 39.3 Å². The minimum atomic E-state index is -0.484. The molecule has 2 aromatic carbocycles. The molecule has 0 atom stereocenters. The van der Waals surface area contributed by atoms with Crippen LogP contribution in [0.25, 0.3) is 0 Å². The summed E-state index contributed by atoms with van der Waals surface area (Å²) in [5.74, 6) is 0.661. The molecule has 0 aliphatic carbocycles. The molecule has 2 aromatic rings. The first-order chi connectivity index (χ1) is 9.92. The fourth-order valence-corrected chi connectivity index (χ4v) is 2.55. The van der Waals surface area contributed by atoms with Crippen LogP contribution in [0.1, 0.15) is 5.56 Å². The fourth-order valence-electron chi connectivity index (χ4n) is 1.67. The predicted molar refractivity (Wildman–Crippen MR) is 85.9 cm³/mol. The van der Waals surface area contributed by atoms with E-state index >= 15 is 0 Å². The van der Waals surface area contributed by atoms with Crippen LogP contribution in [-0.4, -0.2) is 12.9 Å². The SMILES string of the molecule is COc1cc(Br)c(Oc2ccc(F)cc2C(=N)N)cc1Br. The lowest BCUT2D eigenvalue weighted by Gasteiger charge is -2.13. The number of amidine groups is 1. The number of halogens is 3. The van der Waals surface area contributed by atoms with E-state index in [2.05, 4.69) is 31.9 Å². The lowest BCUT2D eigenvalue weighted by molar-refractivity contribution is 0.409. The number of nitrogens with one attached hydrogen (secondary N) is 1. The van der Waals surface area contributed by atoms with Crippen LogP contribution in [0.2, 0.25) is 0 Å². The van der Waals surface area contributed by atoms with E-state index in [0.29, 0.717) is 26.2 Å². The fraction of sp³-hybridized carbons (Fsp3) is 0.0714. The summed E-state index contributed by atoms with van der Waals surface area (Å²) in [7, 11) is 1.56. The lowest BCUT2D eigenvalue weighted by atomic mass is 10.2. The van der Waals surface area contributed by atoms with E-state index in [1.54, 1.807) is 19.2 Å². The summed E-state index contributed by atoms with van der Waals surface area (Å²) in [6.07, 6.45) is 0. The second-order valence-corrected chi connectivity index (χ2v) is 5.78. The first kappa shape index (κ1) is 15.8. The molecule has 0 aromatic heterocycles. The van der Waals surface area contributed by atoms with Crippen molar-refractivity contribution in [1.82, 2.24) is 0 Å². The topological polar surface area (TPSA) is 68.3 Å². The monoisotopic (exact) mass is 416 g/mol. The Morgan fingerprint density at radius 1 is 1.10 bits per heavy atom. The van der Waals surface area contributed by atoms with Gasteiger partial charge in [-0.25, -0.2) is 4.39 Å². The van der Waals surface area contributed by atoms with E-state index in [1.807, 2.05) is 0 Å². The summed E-state index contributed by atoms with van der Waals surface area (Å²) in [5, 5.41) is 7.49. The Hall–Kier alpha value is -1.60. The van der Waals surface area contributed by atoms with Crippen LogP contribution in [-0.2, 0) is 0 Å². The van der Waals surface area contributed by atoms with Crippen LogP contribution in [0.4, 0.5) is 4.39 Å². The average molecular weight is 418 g/mol. The molecule has 0 aliphatic rings. The van der Waals surface area contributed by atoms with E-state index in [4.69, 9.17) is 20.6 Å². The molecule has 0 heterocycles. The highest BCUT2D eigenvalue weighted by atomic mass is 79.9. The van der Waals surface area contributed by atoms with Gasteiger partial charge >= 0.3 is 0 Å². The van der Waals surface area contributed by atoms with Crippen LogP contribution < -0.4 is 15.2 Å². The van der Waals surface area contributed by atoms with Crippen LogP contribution in [0, 0.1) is 11.2 Å². The lowest BCUT2D eigenvalue weighted by Crippen LogP contribution is -2.12. The van der Waals surface area contributed by atoms with Crippen LogP contribution >= 0.6 is 31.9 Å². The molecule has 0 amide bonds. The molecule has 0 saturated carbocycles. The van der Waals surface area contributed by atoms with Crippen molar-refractivity contribution in [2.75, 3.05) is 7.11 Å². The number of benzene rings is 2. The van der Waals surface area contributed by atoms with Crippen molar-refractivity contribution in [1.29, 1.82) is 5.41 Å². The van der Waals surface area contributed by atoms with Gasteiger partial charge in [-0.2, -0.15) is 0 Å². The first-order valence-corrected chi connectivity index (χ1v) is 7.35. The minimum absolute atomic E-state index is 0.189. The second-order valence-electron chi connectivity index (χ2n) is 4.07. The second kappa shape index (κ2) is 6.44. The third-order valence-electron chi connectivity index (χ3n) is 2.66. The number of hydrogen-bond donors (Lipinski definition) is 2. The molecule has 4 nitrogen and oxygen atoms in total. The zero-order chi connectivity index (χ0) is 15.6. The van der Waals surface area contributed by atoms with Gasteiger partial charge in [0.2, 0.25) is 0 Å². The van der Waals surface area contributed by atoms with E-state index < -0.39 is 5.82 Å². The molecular weight excluding hydrogens is 407 g/mol. The summed E-state index contributed by atoms with van der Waals surface area (Å²) < 4.78 is 25.5. The van der Waals surface area contributed by atoms with Crippen molar-refractivity contribution in [3.05, 3.63) is 50.7 Å². The maximum atomic E-state index is 13.2. The highest BCUT2D eigenvalue weighted by Gasteiger charge is 2.13. The van der Waals surface area contributed by atoms with Gasteiger partial charge in [0, 0.05) is 0 Å². The van der Waals surface area contributed by atoms with Gasteiger partial charge in [-0.3, -0.25) is 5.41 Å². The Kier molecular flexibility index (Phi) is 4.84. The zero-order valence-corrected chi connectivity index (χ0v) is 14.1. The number of nitrogen functional groups attached to an aromatic ring is 1. The van der Waals surface area contributed by atoms with Crippen molar-refractivity contribution in [3.8, 4) is 17.2 Å². The molecule has 3 N–H and O–H groups in total. The molecule has 21 heavy (non-hydrogen) atoms. The third kappa shape index (κ3) is 3.54. The highest BCUT2D eigenvalue weighted by Crippen LogP contribution is 2.38. The Labute approximate surface area is 137 Å². The zero-order valence-electron chi connectivity index (χ0n) is 10.9. The van der Waals surface area contributed by atoms with Gasteiger partial charge in [0.25, 0.3) is 0 Å². The number of hydrogen-bond acceptors (Lipinski definition) is 3. The average Bonchev–Trinajstić information content (AvgIpc) is 2.44. The third-order valence-corrected chi connectivity index (χ3v) is 3.90. The summed E-state index contributed by atoms with van der Waals surface area (Å²) in [5.41, 5.74) is 5.64. The number of ether oxygens (including phenoxy) is 2. The Morgan fingerprint density at radius 2 is 1.71 bits per heavy atom. The van der Waals surface area contributed by atoms with Gasteiger partial charge in [-0.1, -0.05) is 0 Å². The summed E-state index contributed by atoms with van der Waals surface area (Å²) in [6.45, 7) is 0. The molecule has 110 valence electrons. The molecule has 0 unspecified atom stereocenters. The van der Waals surface area contributed by atoms with Crippen molar-refractivity contribution in [2.45, 2.75) is 0 Å². The van der Waals surface area contributed by atoms with Crippen molar-refractivity contribution in [3.63, 3.8) is 0 Å². The quantitative estimate of drug-likeness (QED) is 0.570. The molecule has 0 saturated heterocycles. The molecule has 0 spiro atoms. The molecule has 0 bridgehead atoms. The first-order valence-electron chi connectivity index (χ1n) is 5.77. The number of nitrogens with two attached hydrogens (primary N) is 1. The molecule has 7 heteroatoms. The van der Waals surface area contributed by atoms with Gasteiger partial charge in [0.1, 0.15) is 28.9 Å². The molecule has 2 rings (SSSR count). The van der Waals surface area contributed by atoms with Crippen molar-refractivity contribution < 1.29 is 13.9 Å². The van der Waals surface area contributed by atoms with Crippen molar-refractivity contribution >= 4 is 37.7 Å². The highest BCUT2D eigenvalue weighted by molar-refractivity contribution is 9.11. The molecular formula is C14H11Br2FN2O2. The normalized spacial score (nSPS) is 10.3.